The fourth-order valence-corrected chi connectivity index (χ4v) is 3.17. The Morgan fingerprint density at radius 3 is 2.39 bits per heavy atom. The molecule has 0 unspecified atom stereocenters. The Kier molecular flexibility index (Phi) is 2.90. The van der Waals surface area contributed by atoms with Crippen molar-refractivity contribution in [1.29, 1.82) is 0 Å². The van der Waals surface area contributed by atoms with E-state index >= 15 is 0 Å². The van der Waals surface area contributed by atoms with E-state index < -0.39 is 0 Å². The Hall–Kier alpha value is -1.29. The van der Waals surface area contributed by atoms with E-state index in [1.165, 1.54) is 11.5 Å². The Morgan fingerprint density at radius 2 is 1.67 bits per heavy atom. The van der Waals surface area contributed by atoms with Crippen LogP contribution in [-0.2, 0) is 0 Å². The van der Waals surface area contributed by atoms with E-state index in [1.54, 1.807) is 16.1 Å². The maximum atomic E-state index is 12.3. The van der Waals surface area contributed by atoms with E-state index in [0.717, 1.165) is 10.4 Å². The summed E-state index contributed by atoms with van der Waals surface area (Å²) in [5.74, 6) is 0. The first kappa shape index (κ1) is 11.8. The van der Waals surface area contributed by atoms with Gasteiger partial charge in [-0.3, -0.25) is 4.79 Å². The highest BCUT2D eigenvalue weighted by Gasteiger charge is 2.11. The second-order valence-electron chi connectivity index (χ2n) is 3.79. The summed E-state index contributed by atoms with van der Waals surface area (Å²) in [6.45, 7) is 0. The standard InChI is InChI=1S/C13H7Cl2NOS/c14-10-6-9-12(7-11(10)15)18-16(13(9)17)8-4-2-1-3-5-8/h1-7H. The quantitative estimate of drug-likeness (QED) is 0.654. The number of hydrogen-bond donors (Lipinski definition) is 0. The summed E-state index contributed by atoms with van der Waals surface area (Å²) in [4.78, 5) is 12.3. The number of para-hydroxylation sites is 1. The number of benzene rings is 2. The van der Waals surface area contributed by atoms with Crippen LogP contribution < -0.4 is 5.56 Å². The van der Waals surface area contributed by atoms with Crippen LogP contribution in [-0.4, -0.2) is 3.96 Å². The molecule has 0 aliphatic carbocycles. The van der Waals surface area contributed by atoms with Crippen molar-refractivity contribution in [3.8, 4) is 5.69 Å². The van der Waals surface area contributed by atoms with Gasteiger partial charge in [-0.25, -0.2) is 3.96 Å². The van der Waals surface area contributed by atoms with Crippen molar-refractivity contribution in [3.05, 3.63) is 62.9 Å². The lowest BCUT2D eigenvalue weighted by Gasteiger charge is -1.97. The lowest BCUT2D eigenvalue weighted by atomic mass is 10.3. The number of hydrogen-bond acceptors (Lipinski definition) is 2. The number of fused-ring (bicyclic) bond motifs is 1. The molecule has 0 spiro atoms. The minimum absolute atomic E-state index is 0.0697. The molecule has 0 amide bonds. The Balaban J connectivity index is 2.33. The highest BCUT2D eigenvalue weighted by atomic mass is 35.5. The highest BCUT2D eigenvalue weighted by molar-refractivity contribution is 7.14. The van der Waals surface area contributed by atoms with Crippen LogP contribution in [0.1, 0.15) is 0 Å². The fourth-order valence-electron chi connectivity index (χ4n) is 1.75. The van der Waals surface area contributed by atoms with Crippen LogP contribution in [0.4, 0.5) is 0 Å². The van der Waals surface area contributed by atoms with Gasteiger partial charge >= 0.3 is 0 Å². The Morgan fingerprint density at radius 1 is 1.00 bits per heavy atom. The highest BCUT2D eigenvalue weighted by Crippen LogP contribution is 2.29. The smallest absolute Gasteiger partial charge is 0.267 e. The first-order valence-electron chi connectivity index (χ1n) is 5.23. The van der Waals surface area contributed by atoms with Crippen molar-refractivity contribution in [2.24, 2.45) is 0 Å². The van der Waals surface area contributed by atoms with Crippen molar-refractivity contribution in [2.75, 3.05) is 0 Å². The molecule has 0 aliphatic rings. The van der Waals surface area contributed by atoms with Crippen molar-refractivity contribution >= 4 is 44.8 Å². The summed E-state index contributed by atoms with van der Waals surface area (Å²) in [5, 5.41) is 1.46. The molecule has 0 aliphatic heterocycles. The SMILES string of the molecule is O=c1c2cc(Cl)c(Cl)cc2sn1-c1ccccc1. The third-order valence-electron chi connectivity index (χ3n) is 2.62. The first-order chi connectivity index (χ1) is 8.66. The molecular formula is C13H7Cl2NOS. The number of halogens is 2. The molecule has 3 rings (SSSR count). The molecule has 3 aromatic rings. The zero-order valence-electron chi connectivity index (χ0n) is 9.06. The number of nitrogens with zero attached hydrogens (tertiary/aromatic N) is 1. The molecule has 0 saturated heterocycles. The average Bonchev–Trinajstić information content (AvgIpc) is 2.69. The molecule has 0 atom stereocenters. The van der Waals surface area contributed by atoms with Gasteiger partial charge in [-0.1, -0.05) is 52.9 Å². The fraction of sp³-hybridized carbons (Fsp3) is 0. The van der Waals surface area contributed by atoms with Gasteiger partial charge in [0.25, 0.3) is 5.56 Å². The monoisotopic (exact) mass is 295 g/mol. The molecular weight excluding hydrogens is 289 g/mol. The van der Waals surface area contributed by atoms with Crippen molar-refractivity contribution < 1.29 is 0 Å². The second kappa shape index (κ2) is 4.43. The van der Waals surface area contributed by atoms with E-state index in [4.69, 9.17) is 23.2 Å². The first-order valence-corrected chi connectivity index (χ1v) is 6.76. The molecule has 5 heteroatoms. The predicted octanol–water partition coefficient (Wildman–Crippen LogP) is 4.36. The van der Waals surface area contributed by atoms with Crippen molar-refractivity contribution in [1.82, 2.24) is 3.96 Å². The van der Waals surface area contributed by atoms with Gasteiger partial charge in [0.2, 0.25) is 0 Å². The van der Waals surface area contributed by atoms with E-state index in [1.807, 2.05) is 30.3 Å². The average molecular weight is 296 g/mol. The third kappa shape index (κ3) is 1.85. The number of rotatable bonds is 1. The molecule has 90 valence electrons. The molecule has 18 heavy (non-hydrogen) atoms. The molecule has 1 aromatic heterocycles. The van der Waals surface area contributed by atoms with Gasteiger partial charge < -0.3 is 0 Å². The van der Waals surface area contributed by atoms with E-state index in [9.17, 15) is 4.79 Å². The van der Waals surface area contributed by atoms with Gasteiger partial charge in [0.15, 0.2) is 0 Å². The molecule has 2 nitrogen and oxygen atoms in total. The largest absolute Gasteiger partial charge is 0.273 e. The summed E-state index contributed by atoms with van der Waals surface area (Å²) >= 11 is 13.3. The molecule has 0 N–H and O–H groups in total. The summed E-state index contributed by atoms with van der Waals surface area (Å²) in [6, 6.07) is 12.8. The summed E-state index contributed by atoms with van der Waals surface area (Å²) in [7, 11) is 0. The lowest BCUT2D eigenvalue weighted by Crippen LogP contribution is -2.10. The van der Waals surface area contributed by atoms with E-state index in [2.05, 4.69) is 0 Å². The van der Waals surface area contributed by atoms with Crippen molar-refractivity contribution in [3.63, 3.8) is 0 Å². The third-order valence-corrected chi connectivity index (χ3v) is 4.43. The number of aromatic nitrogens is 1. The van der Waals surface area contributed by atoms with E-state index in [0.29, 0.717) is 15.4 Å². The van der Waals surface area contributed by atoms with Gasteiger partial charge in [-0.15, -0.1) is 0 Å². The van der Waals surface area contributed by atoms with Crippen LogP contribution in [0.3, 0.4) is 0 Å². The van der Waals surface area contributed by atoms with Crippen LogP contribution in [0.5, 0.6) is 0 Å². The maximum Gasteiger partial charge on any atom is 0.273 e. The minimum atomic E-state index is -0.0697. The topological polar surface area (TPSA) is 22.0 Å². The predicted molar refractivity (Wildman–Crippen MR) is 77.4 cm³/mol. The van der Waals surface area contributed by atoms with Gasteiger partial charge in [0, 0.05) is 0 Å². The molecule has 0 saturated carbocycles. The zero-order chi connectivity index (χ0) is 12.7. The lowest BCUT2D eigenvalue weighted by molar-refractivity contribution is 1.14. The molecule has 0 radical (unpaired) electrons. The normalized spacial score (nSPS) is 11.0. The van der Waals surface area contributed by atoms with Crippen LogP contribution in [0, 0.1) is 0 Å². The van der Waals surface area contributed by atoms with Crippen LogP contribution >= 0.6 is 34.7 Å². The van der Waals surface area contributed by atoms with Gasteiger partial charge in [0.1, 0.15) is 0 Å². The second-order valence-corrected chi connectivity index (χ2v) is 5.59. The minimum Gasteiger partial charge on any atom is -0.267 e. The summed E-state index contributed by atoms with van der Waals surface area (Å²) in [6.07, 6.45) is 0. The zero-order valence-corrected chi connectivity index (χ0v) is 11.4. The van der Waals surface area contributed by atoms with Gasteiger partial charge in [-0.2, -0.15) is 0 Å². The van der Waals surface area contributed by atoms with Crippen LogP contribution in [0.2, 0.25) is 10.0 Å². The van der Waals surface area contributed by atoms with Crippen LogP contribution in [0.25, 0.3) is 15.8 Å². The molecule has 0 fully saturated rings. The van der Waals surface area contributed by atoms with Gasteiger partial charge in [0.05, 0.1) is 25.8 Å². The maximum absolute atomic E-state index is 12.3. The molecule has 2 aromatic carbocycles. The summed E-state index contributed by atoms with van der Waals surface area (Å²) < 4.78 is 2.47. The van der Waals surface area contributed by atoms with Crippen molar-refractivity contribution in [2.45, 2.75) is 0 Å². The molecule has 0 bridgehead atoms. The van der Waals surface area contributed by atoms with E-state index in [-0.39, 0.29) is 5.56 Å². The molecule has 1 heterocycles. The van der Waals surface area contributed by atoms with Gasteiger partial charge in [-0.05, 0) is 24.3 Å². The Bertz CT molecular complexity index is 777. The Labute approximate surface area is 117 Å². The van der Waals surface area contributed by atoms with Crippen LogP contribution in [0.15, 0.2) is 47.3 Å². The summed E-state index contributed by atoms with van der Waals surface area (Å²) in [5.41, 5.74) is 0.774.